The van der Waals surface area contributed by atoms with Gasteiger partial charge in [0.2, 0.25) is 0 Å². The zero-order valence-corrected chi connectivity index (χ0v) is 30.4. The van der Waals surface area contributed by atoms with Crippen molar-refractivity contribution in [3.05, 3.63) is 144 Å². The Morgan fingerprint density at radius 1 is 0.804 bits per heavy atom. The van der Waals surface area contributed by atoms with Crippen LogP contribution in [-0.4, -0.2) is 42.8 Å². The Hall–Kier alpha value is -4.94. The summed E-state index contributed by atoms with van der Waals surface area (Å²) in [7, 11) is 0. The van der Waals surface area contributed by atoms with Crippen molar-refractivity contribution >= 4 is 11.8 Å². The predicted octanol–water partition coefficient (Wildman–Crippen LogP) is 9.31. The molecule has 51 heavy (non-hydrogen) atoms. The molecule has 2 atom stereocenters. The molecule has 0 heterocycles. The topological polar surface area (TPSA) is 71.1 Å². The van der Waals surface area contributed by atoms with Gasteiger partial charge in [-0.2, -0.15) is 0 Å². The number of ether oxygens (including phenoxy) is 4. The highest BCUT2D eigenvalue weighted by Crippen LogP contribution is 2.56. The molecular formula is C45H48O6. The summed E-state index contributed by atoms with van der Waals surface area (Å²) >= 11 is 0. The minimum atomic E-state index is -0.921. The molecule has 6 heteroatoms. The molecule has 2 aliphatic rings. The molecule has 0 radical (unpaired) electrons. The molecule has 6 nitrogen and oxygen atoms in total. The van der Waals surface area contributed by atoms with E-state index in [2.05, 4.69) is 92.9 Å². The van der Waals surface area contributed by atoms with Crippen molar-refractivity contribution in [2.24, 2.45) is 0 Å². The van der Waals surface area contributed by atoms with Gasteiger partial charge in [-0.25, -0.2) is 4.79 Å². The molecule has 0 aliphatic heterocycles. The number of carbonyl (C=O) groups is 2. The highest BCUT2D eigenvalue weighted by atomic mass is 16.6. The number of esters is 1. The second-order valence-electron chi connectivity index (χ2n) is 14.7. The maximum Gasteiger partial charge on any atom is 0.330 e. The minimum absolute atomic E-state index is 0.142. The number of ketones is 1. The number of fused-ring (bicyclic) bond motifs is 4. The highest BCUT2D eigenvalue weighted by molar-refractivity contribution is 5.95. The number of carbonyl (C=O) groups excluding carboxylic acids is 2. The van der Waals surface area contributed by atoms with Gasteiger partial charge in [0, 0.05) is 17.9 Å². The second kappa shape index (κ2) is 14.4. The van der Waals surface area contributed by atoms with Gasteiger partial charge in [-0.05, 0) is 121 Å². The maximum atomic E-state index is 12.2. The number of benzene rings is 4. The van der Waals surface area contributed by atoms with E-state index in [0.29, 0.717) is 24.7 Å². The molecule has 0 saturated carbocycles. The van der Waals surface area contributed by atoms with Crippen LogP contribution >= 0.6 is 0 Å². The van der Waals surface area contributed by atoms with Crippen molar-refractivity contribution in [1.29, 1.82) is 0 Å². The first-order valence-corrected chi connectivity index (χ1v) is 17.8. The van der Waals surface area contributed by atoms with Gasteiger partial charge in [0.15, 0.2) is 5.78 Å². The van der Waals surface area contributed by atoms with Crippen LogP contribution in [0, 0.1) is 0 Å². The molecule has 4 aromatic carbocycles. The Balaban J connectivity index is 1.30. The van der Waals surface area contributed by atoms with Crippen LogP contribution in [0.5, 0.6) is 11.5 Å². The van der Waals surface area contributed by atoms with E-state index in [1.807, 2.05) is 26.0 Å². The van der Waals surface area contributed by atoms with E-state index in [4.69, 9.17) is 18.9 Å². The van der Waals surface area contributed by atoms with Gasteiger partial charge in [0.25, 0.3) is 0 Å². The van der Waals surface area contributed by atoms with Crippen molar-refractivity contribution in [2.75, 3.05) is 19.8 Å². The fraction of sp³-hybridized carbons (Fsp3) is 0.333. The first-order valence-electron chi connectivity index (χ1n) is 17.8. The third kappa shape index (κ3) is 7.29. The third-order valence-corrected chi connectivity index (χ3v) is 10.4. The Labute approximate surface area is 302 Å². The molecule has 0 spiro atoms. The summed E-state index contributed by atoms with van der Waals surface area (Å²) < 4.78 is 23.4. The molecule has 0 fully saturated rings. The van der Waals surface area contributed by atoms with Gasteiger partial charge in [-0.3, -0.25) is 4.79 Å². The van der Waals surface area contributed by atoms with Crippen LogP contribution in [0.3, 0.4) is 0 Å². The maximum absolute atomic E-state index is 12.2. The average molecular weight is 685 g/mol. The first kappa shape index (κ1) is 35.9. The monoisotopic (exact) mass is 684 g/mol. The normalized spacial score (nSPS) is 17.5. The molecule has 0 bridgehead atoms. The van der Waals surface area contributed by atoms with Crippen molar-refractivity contribution in [3.8, 4) is 22.6 Å². The summed E-state index contributed by atoms with van der Waals surface area (Å²) in [5.74, 6) is 1.22. The molecule has 6 rings (SSSR count). The van der Waals surface area contributed by atoms with E-state index in [9.17, 15) is 9.59 Å². The number of hydrogen-bond donors (Lipinski definition) is 0. The minimum Gasteiger partial charge on any atom is -0.490 e. The van der Waals surface area contributed by atoms with Crippen molar-refractivity contribution < 1.29 is 28.5 Å². The van der Waals surface area contributed by atoms with Crippen LogP contribution in [-0.2, 0) is 30.9 Å². The molecule has 0 aromatic heterocycles. The second-order valence-corrected chi connectivity index (χ2v) is 14.7. The molecule has 0 saturated heterocycles. The van der Waals surface area contributed by atoms with Crippen molar-refractivity contribution in [2.45, 2.75) is 76.4 Å². The molecule has 0 N–H and O–H groups in total. The number of rotatable bonds is 15. The quantitative estimate of drug-likeness (QED) is 0.0622. The van der Waals surface area contributed by atoms with Crippen molar-refractivity contribution in [1.82, 2.24) is 0 Å². The van der Waals surface area contributed by atoms with Crippen LogP contribution < -0.4 is 9.47 Å². The molecule has 264 valence electrons. The predicted molar refractivity (Wildman–Crippen MR) is 202 cm³/mol. The van der Waals surface area contributed by atoms with Crippen LogP contribution in [0.4, 0.5) is 0 Å². The van der Waals surface area contributed by atoms with E-state index in [-0.39, 0.29) is 24.4 Å². The Bertz CT molecular complexity index is 1930. The van der Waals surface area contributed by atoms with E-state index < -0.39 is 17.2 Å². The molecule has 2 unspecified atom stereocenters. The lowest BCUT2D eigenvalue weighted by atomic mass is 9.69. The van der Waals surface area contributed by atoms with Gasteiger partial charge in [-0.1, -0.05) is 80.7 Å². The molecule has 2 aliphatic carbocycles. The highest BCUT2D eigenvalue weighted by Gasteiger charge is 2.46. The van der Waals surface area contributed by atoms with Crippen LogP contribution in [0.1, 0.15) is 86.8 Å². The molecule has 4 aromatic rings. The largest absolute Gasteiger partial charge is 0.490 e. The van der Waals surface area contributed by atoms with Crippen LogP contribution in [0.25, 0.3) is 11.1 Å². The summed E-state index contributed by atoms with van der Waals surface area (Å²) in [6.07, 6.45) is 4.91. The standard InChI is InChI=1S/C45H48O6/c1-8-41(46)44(6,7)50-23-22-43(4,5)51-36-20-16-34(17-21-36)45(33-14-18-35(19-15-33)48-24-25-49-42(47)9-2)29-30(3)38-28-39-32(27-40(38)45)26-31-12-10-11-13-37(31)39/h8-21,27-28,30H,1-2,22-26,29H2,3-7H3. The van der Waals surface area contributed by atoms with Gasteiger partial charge >= 0.3 is 5.97 Å². The fourth-order valence-electron chi connectivity index (χ4n) is 7.61. The van der Waals surface area contributed by atoms with Gasteiger partial charge in [0.05, 0.1) is 6.61 Å². The average Bonchev–Trinajstić information content (AvgIpc) is 3.63. The summed E-state index contributed by atoms with van der Waals surface area (Å²) in [5, 5.41) is 0. The smallest absolute Gasteiger partial charge is 0.330 e. The van der Waals surface area contributed by atoms with Crippen LogP contribution in [0.2, 0.25) is 0 Å². The van der Waals surface area contributed by atoms with Crippen molar-refractivity contribution in [3.63, 3.8) is 0 Å². The first-order chi connectivity index (χ1) is 24.4. The van der Waals surface area contributed by atoms with Gasteiger partial charge in [-0.15, -0.1) is 0 Å². The zero-order valence-electron chi connectivity index (χ0n) is 30.4. The Morgan fingerprint density at radius 2 is 1.47 bits per heavy atom. The third-order valence-electron chi connectivity index (χ3n) is 10.4. The number of hydrogen-bond acceptors (Lipinski definition) is 6. The fourth-order valence-corrected chi connectivity index (χ4v) is 7.61. The van der Waals surface area contributed by atoms with Gasteiger partial charge < -0.3 is 18.9 Å². The zero-order chi connectivity index (χ0) is 36.4. The summed E-state index contributed by atoms with van der Waals surface area (Å²) in [6.45, 7) is 17.7. The Morgan fingerprint density at radius 3 is 2.14 bits per heavy atom. The Kier molecular flexibility index (Phi) is 10.1. The lowest BCUT2D eigenvalue weighted by Crippen LogP contribution is -2.37. The summed E-state index contributed by atoms with van der Waals surface area (Å²) in [4.78, 5) is 23.6. The lowest BCUT2D eigenvalue weighted by Gasteiger charge is -2.34. The lowest BCUT2D eigenvalue weighted by molar-refractivity contribution is -0.138. The van der Waals surface area contributed by atoms with Gasteiger partial charge in [0.1, 0.15) is 35.9 Å². The van der Waals surface area contributed by atoms with E-state index in [1.54, 1.807) is 13.8 Å². The molecular weight excluding hydrogens is 636 g/mol. The van der Waals surface area contributed by atoms with E-state index in [1.165, 1.54) is 50.6 Å². The van der Waals surface area contributed by atoms with Crippen LogP contribution in [0.15, 0.2) is 110 Å². The molecule has 0 amide bonds. The SMILES string of the molecule is C=CC(=O)OCCOc1ccc(C2(c3ccc(OC(C)(C)CCOC(C)(C)C(=O)C=C)cc3)CC(C)c3cc4c(cc32)Cc2ccccc2-4)cc1. The summed E-state index contributed by atoms with van der Waals surface area (Å²) in [6, 6.07) is 30.5. The van der Waals surface area contributed by atoms with E-state index >= 15 is 0 Å². The van der Waals surface area contributed by atoms with E-state index in [0.717, 1.165) is 24.7 Å². The summed E-state index contributed by atoms with van der Waals surface area (Å²) in [5.41, 5.74) is 8.72.